The molecule has 0 unspecified atom stereocenters. The summed E-state index contributed by atoms with van der Waals surface area (Å²) >= 11 is 0. The number of fused-ring (bicyclic) bond motifs is 1. The van der Waals surface area contributed by atoms with Crippen LogP contribution < -0.4 is 15.0 Å². The van der Waals surface area contributed by atoms with Gasteiger partial charge in [0.05, 0.1) is 20.8 Å². The van der Waals surface area contributed by atoms with E-state index in [2.05, 4.69) is 4.98 Å². The van der Waals surface area contributed by atoms with E-state index < -0.39 is 17.6 Å². The minimum Gasteiger partial charge on any atom is -0.507 e. The normalized spacial score (nSPS) is 14.9. The molecule has 1 aliphatic rings. The molecule has 0 radical (unpaired) electrons. The number of rotatable bonds is 5. The number of methoxy groups -OCH3 is 2. The van der Waals surface area contributed by atoms with Crippen LogP contribution in [0, 0.1) is 6.92 Å². The highest BCUT2D eigenvalue weighted by Gasteiger charge is 2.39. The molecule has 4 rings (SSSR count). The Morgan fingerprint density at radius 1 is 1.20 bits per heavy atom. The fourth-order valence-electron chi connectivity index (χ4n) is 3.70. The average molecular weight is 408 g/mol. The Labute approximate surface area is 172 Å². The second-order valence-electron chi connectivity index (χ2n) is 6.89. The summed E-state index contributed by atoms with van der Waals surface area (Å²) in [7, 11) is 2.88. The van der Waals surface area contributed by atoms with Gasteiger partial charge in [0.2, 0.25) is 0 Å². The van der Waals surface area contributed by atoms with Crippen molar-refractivity contribution in [3.05, 3.63) is 81.0 Å². The first-order valence-electron chi connectivity index (χ1n) is 9.24. The van der Waals surface area contributed by atoms with Gasteiger partial charge in [0.15, 0.2) is 17.6 Å². The van der Waals surface area contributed by atoms with Crippen LogP contribution in [0.1, 0.15) is 38.8 Å². The lowest BCUT2D eigenvalue weighted by molar-refractivity contribution is 0.0448. The maximum atomic E-state index is 13.3. The predicted octanol–water partition coefficient (Wildman–Crippen LogP) is 2.58. The number of hydrogen-bond acceptors (Lipinski definition) is 7. The van der Waals surface area contributed by atoms with E-state index in [-0.39, 0.29) is 29.2 Å². The third-order valence-electron chi connectivity index (χ3n) is 5.14. The van der Waals surface area contributed by atoms with Crippen LogP contribution in [0.15, 0.2) is 47.5 Å². The summed E-state index contributed by atoms with van der Waals surface area (Å²) in [6.07, 6.45) is 2.26. The standard InChI is InChI=1S/C22H20N2O6/c1-12-9-15(25)18(21(26)24(12)11-13-5-4-8-23-10-13)19-14-6-7-16(28-2)20(29-3)17(14)22(27)30-19/h4-10,19,25H,11H2,1-3H3/t19-/m1/s1. The number of aromatic hydroxyl groups is 1. The zero-order valence-electron chi connectivity index (χ0n) is 16.7. The molecule has 30 heavy (non-hydrogen) atoms. The minimum absolute atomic E-state index is 0.0104. The van der Waals surface area contributed by atoms with E-state index in [4.69, 9.17) is 14.2 Å². The number of carbonyl (C=O) groups is 1. The summed E-state index contributed by atoms with van der Waals surface area (Å²) in [5, 5.41) is 10.6. The molecule has 154 valence electrons. The van der Waals surface area contributed by atoms with Gasteiger partial charge >= 0.3 is 5.97 Å². The number of pyridine rings is 2. The van der Waals surface area contributed by atoms with Crippen molar-refractivity contribution in [1.82, 2.24) is 9.55 Å². The molecule has 8 heteroatoms. The Balaban J connectivity index is 1.86. The van der Waals surface area contributed by atoms with Crippen LogP contribution in [0.3, 0.4) is 0 Å². The summed E-state index contributed by atoms with van der Waals surface area (Å²) in [6.45, 7) is 2.00. The van der Waals surface area contributed by atoms with Crippen molar-refractivity contribution in [2.24, 2.45) is 0 Å². The lowest BCUT2D eigenvalue weighted by Crippen LogP contribution is -2.28. The van der Waals surface area contributed by atoms with Gasteiger partial charge in [-0.3, -0.25) is 9.78 Å². The van der Waals surface area contributed by atoms with Crippen molar-refractivity contribution in [2.45, 2.75) is 19.6 Å². The van der Waals surface area contributed by atoms with Crippen molar-refractivity contribution < 1.29 is 24.1 Å². The number of nitrogens with zero attached hydrogens (tertiary/aromatic N) is 2. The quantitative estimate of drug-likeness (QED) is 0.648. The molecular weight excluding hydrogens is 388 g/mol. The fourth-order valence-corrected chi connectivity index (χ4v) is 3.70. The molecule has 0 aliphatic carbocycles. The van der Waals surface area contributed by atoms with E-state index in [1.807, 2.05) is 6.07 Å². The van der Waals surface area contributed by atoms with Crippen LogP contribution in [-0.4, -0.2) is 34.8 Å². The molecule has 3 heterocycles. The zero-order chi connectivity index (χ0) is 21.4. The lowest BCUT2D eigenvalue weighted by atomic mass is 9.98. The lowest BCUT2D eigenvalue weighted by Gasteiger charge is -2.17. The molecule has 0 saturated heterocycles. The number of ether oxygens (including phenoxy) is 3. The van der Waals surface area contributed by atoms with E-state index in [9.17, 15) is 14.7 Å². The van der Waals surface area contributed by atoms with Crippen molar-refractivity contribution in [3.8, 4) is 17.2 Å². The third-order valence-corrected chi connectivity index (χ3v) is 5.14. The highest BCUT2D eigenvalue weighted by atomic mass is 16.6. The Hall–Kier alpha value is -3.81. The van der Waals surface area contributed by atoms with Crippen LogP contribution >= 0.6 is 0 Å². The van der Waals surface area contributed by atoms with E-state index in [0.29, 0.717) is 17.0 Å². The average Bonchev–Trinajstić information content (AvgIpc) is 3.07. The summed E-state index contributed by atoms with van der Waals surface area (Å²) in [5.74, 6) is -0.287. The minimum atomic E-state index is -1.06. The Morgan fingerprint density at radius 2 is 2.00 bits per heavy atom. The molecule has 1 atom stereocenters. The second kappa shape index (κ2) is 7.55. The molecule has 1 N–H and O–H groups in total. The van der Waals surface area contributed by atoms with Crippen LogP contribution in [-0.2, 0) is 11.3 Å². The highest BCUT2D eigenvalue weighted by Crippen LogP contribution is 2.45. The molecule has 0 spiro atoms. The molecular formula is C22H20N2O6. The van der Waals surface area contributed by atoms with Crippen molar-refractivity contribution in [1.29, 1.82) is 0 Å². The maximum Gasteiger partial charge on any atom is 0.343 e. The largest absolute Gasteiger partial charge is 0.507 e. The van der Waals surface area contributed by atoms with Gasteiger partial charge in [0.25, 0.3) is 5.56 Å². The van der Waals surface area contributed by atoms with Crippen molar-refractivity contribution in [2.75, 3.05) is 14.2 Å². The first-order chi connectivity index (χ1) is 14.5. The van der Waals surface area contributed by atoms with Crippen molar-refractivity contribution in [3.63, 3.8) is 0 Å². The second-order valence-corrected chi connectivity index (χ2v) is 6.89. The topological polar surface area (TPSA) is 99.9 Å². The Bertz CT molecular complexity index is 1190. The van der Waals surface area contributed by atoms with Gasteiger partial charge in [-0.25, -0.2) is 4.79 Å². The van der Waals surface area contributed by atoms with Crippen LogP contribution in [0.4, 0.5) is 0 Å². The molecule has 0 amide bonds. The fraction of sp³-hybridized carbons (Fsp3) is 0.227. The van der Waals surface area contributed by atoms with Gasteiger partial charge in [0.1, 0.15) is 16.9 Å². The molecule has 1 aliphatic heterocycles. The summed E-state index contributed by atoms with van der Waals surface area (Å²) in [6, 6.07) is 8.39. The zero-order valence-corrected chi connectivity index (χ0v) is 16.7. The monoisotopic (exact) mass is 408 g/mol. The number of carbonyl (C=O) groups excluding carboxylic acids is 1. The smallest absolute Gasteiger partial charge is 0.343 e. The number of cyclic esters (lactones) is 1. The number of aryl methyl sites for hydroxylation is 1. The number of esters is 1. The Kier molecular flexibility index (Phi) is 4.91. The molecule has 1 aromatic carbocycles. The number of benzene rings is 1. The van der Waals surface area contributed by atoms with Gasteiger partial charge < -0.3 is 23.9 Å². The van der Waals surface area contributed by atoms with Crippen LogP contribution in [0.25, 0.3) is 0 Å². The summed E-state index contributed by atoms with van der Waals surface area (Å²) < 4.78 is 17.6. The molecule has 2 aromatic heterocycles. The Morgan fingerprint density at radius 3 is 2.67 bits per heavy atom. The first kappa shape index (κ1) is 19.5. The van der Waals surface area contributed by atoms with Crippen molar-refractivity contribution >= 4 is 5.97 Å². The maximum absolute atomic E-state index is 13.3. The van der Waals surface area contributed by atoms with E-state index >= 15 is 0 Å². The molecule has 0 saturated carbocycles. The van der Waals surface area contributed by atoms with Gasteiger partial charge in [-0.05, 0) is 30.7 Å². The van der Waals surface area contributed by atoms with Gasteiger partial charge in [0, 0.05) is 23.7 Å². The number of aromatic nitrogens is 2. The molecule has 0 bridgehead atoms. The SMILES string of the molecule is COc1ccc2c(c1OC)C(=O)O[C@H]2c1c(O)cc(C)n(Cc2cccnc2)c1=O. The summed E-state index contributed by atoms with van der Waals surface area (Å²) in [4.78, 5) is 30.0. The summed E-state index contributed by atoms with van der Waals surface area (Å²) in [5.41, 5.74) is 1.55. The van der Waals surface area contributed by atoms with E-state index in [0.717, 1.165) is 5.56 Å². The van der Waals surface area contributed by atoms with Gasteiger partial charge in [-0.1, -0.05) is 12.1 Å². The number of hydrogen-bond donors (Lipinski definition) is 1. The molecule has 8 nitrogen and oxygen atoms in total. The highest BCUT2D eigenvalue weighted by molar-refractivity contribution is 5.98. The van der Waals surface area contributed by atoms with E-state index in [1.54, 1.807) is 37.5 Å². The van der Waals surface area contributed by atoms with Gasteiger partial charge in [-0.15, -0.1) is 0 Å². The van der Waals surface area contributed by atoms with Crippen LogP contribution in [0.2, 0.25) is 0 Å². The van der Waals surface area contributed by atoms with Gasteiger partial charge in [-0.2, -0.15) is 0 Å². The first-order valence-corrected chi connectivity index (χ1v) is 9.24. The van der Waals surface area contributed by atoms with Crippen LogP contribution in [0.5, 0.6) is 17.2 Å². The predicted molar refractivity (Wildman–Crippen MR) is 107 cm³/mol. The molecule has 3 aromatic rings. The third kappa shape index (κ3) is 3.06. The molecule has 0 fully saturated rings. The van der Waals surface area contributed by atoms with E-state index in [1.165, 1.54) is 24.9 Å².